The van der Waals surface area contributed by atoms with Crippen molar-refractivity contribution >= 4 is 16.9 Å². The summed E-state index contributed by atoms with van der Waals surface area (Å²) in [6, 6.07) is 8.14. The summed E-state index contributed by atoms with van der Waals surface area (Å²) >= 11 is 0. The Bertz CT molecular complexity index is 1270. The molecule has 1 N–H and O–H groups in total. The molecule has 3 heterocycles. The maximum atomic E-state index is 13.5. The van der Waals surface area contributed by atoms with E-state index in [0.29, 0.717) is 31.5 Å². The maximum absolute atomic E-state index is 13.5. The van der Waals surface area contributed by atoms with Crippen LogP contribution in [0.3, 0.4) is 0 Å². The molecule has 2 aromatic heterocycles. The summed E-state index contributed by atoms with van der Waals surface area (Å²) in [5.74, 6) is -0.00625. The van der Waals surface area contributed by atoms with Crippen molar-refractivity contribution in [2.45, 2.75) is 47.1 Å². The van der Waals surface area contributed by atoms with Crippen molar-refractivity contribution in [1.29, 1.82) is 0 Å². The molecular formula is C27H38N6O2. The fourth-order valence-electron chi connectivity index (χ4n) is 5.05. The summed E-state index contributed by atoms with van der Waals surface area (Å²) in [7, 11) is 2.14. The predicted octanol–water partition coefficient (Wildman–Crippen LogP) is 2.43. The first kappa shape index (κ1) is 25.1. The lowest BCUT2D eigenvalue weighted by Gasteiger charge is -2.32. The van der Waals surface area contributed by atoms with Gasteiger partial charge in [0.25, 0.3) is 5.56 Å². The van der Waals surface area contributed by atoms with E-state index in [1.54, 1.807) is 4.57 Å². The summed E-state index contributed by atoms with van der Waals surface area (Å²) in [6.45, 7) is 14.3. The Balaban J connectivity index is 1.52. The van der Waals surface area contributed by atoms with E-state index in [4.69, 9.17) is 5.10 Å². The minimum Gasteiger partial charge on any atom is -0.355 e. The number of amides is 1. The molecule has 3 aromatic rings. The Labute approximate surface area is 207 Å². The van der Waals surface area contributed by atoms with E-state index in [9.17, 15) is 9.59 Å². The van der Waals surface area contributed by atoms with Gasteiger partial charge in [0, 0.05) is 63.2 Å². The zero-order chi connectivity index (χ0) is 25.1. The highest BCUT2D eigenvalue weighted by atomic mass is 16.1. The monoisotopic (exact) mass is 478 g/mol. The van der Waals surface area contributed by atoms with Crippen molar-refractivity contribution < 1.29 is 4.79 Å². The quantitative estimate of drug-likeness (QED) is 0.538. The van der Waals surface area contributed by atoms with Crippen LogP contribution >= 0.6 is 0 Å². The number of carbonyl (C=O) groups is 1. The molecule has 1 aliphatic heterocycles. The number of rotatable bonds is 8. The fourth-order valence-corrected chi connectivity index (χ4v) is 5.05. The van der Waals surface area contributed by atoms with Crippen LogP contribution in [0.25, 0.3) is 16.7 Å². The minimum absolute atomic E-state index is 0.00625. The van der Waals surface area contributed by atoms with Crippen LogP contribution in [0.5, 0.6) is 0 Å². The normalized spacial score (nSPS) is 15.1. The SMILES string of the molecule is CCn1c(=O)c(CCC(=O)NCCN2CCN(C)CC2)c(C)c2c(C)nn(-c3cccc(C)c3)c21. The molecule has 1 aromatic carbocycles. The van der Waals surface area contributed by atoms with Gasteiger partial charge in [-0.25, -0.2) is 4.68 Å². The number of carbonyl (C=O) groups excluding carboxylic acids is 1. The summed E-state index contributed by atoms with van der Waals surface area (Å²) in [5.41, 5.74) is 5.39. The van der Waals surface area contributed by atoms with Crippen molar-refractivity contribution in [2.24, 2.45) is 0 Å². The highest BCUT2D eigenvalue weighted by Crippen LogP contribution is 2.26. The molecule has 0 bridgehead atoms. The Morgan fingerprint density at radius 1 is 1.11 bits per heavy atom. The Morgan fingerprint density at radius 3 is 2.54 bits per heavy atom. The first-order valence-corrected chi connectivity index (χ1v) is 12.7. The number of piperazine rings is 1. The Kier molecular flexibility index (Phi) is 7.72. The summed E-state index contributed by atoms with van der Waals surface area (Å²) in [5, 5.41) is 8.85. The molecule has 188 valence electrons. The van der Waals surface area contributed by atoms with E-state index < -0.39 is 0 Å². The highest BCUT2D eigenvalue weighted by molar-refractivity contribution is 5.85. The number of hydrogen-bond acceptors (Lipinski definition) is 5. The van der Waals surface area contributed by atoms with Crippen molar-refractivity contribution in [3.05, 3.63) is 57.0 Å². The van der Waals surface area contributed by atoms with E-state index in [-0.39, 0.29) is 11.5 Å². The lowest BCUT2D eigenvalue weighted by atomic mass is 10.0. The van der Waals surface area contributed by atoms with E-state index >= 15 is 0 Å². The third-order valence-electron chi connectivity index (χ3n) is 7.13. The zero-order valence-corrected chi connectivity index (χ0v) is 21.7. The van der Waals surface area contributed by atoms with Crippen LogP contribution in [-0.2, 0) is 17.8 Å². The lowest BCUT2D eigenvalue weighted by molar-refractivity contribution is -0.121. The number of benzene rings is 1. The van der Waals surface area contributed by atoms with E-state index in [2.05, 4.69) is 41.2 Å². The molecule has 0 saturated carbocycles. The molecule has 1 aliphatic rings. The number of likely N-dealkylation sites (N-methyl/N-ethyl adjacent to an activating group) is 1. The molecule has 0 unspecified atom stereocenters. The second kappa shape index (κ2) is 10.7. The largest absolute Gasteiger partial charge is 0.355 e. The van der Waals surface area contributed by atoms with Crippen molar-refractivity contribution in [1.82, 2.24) is 29.5 Å². The van der Waals surface area contributed by atoms with Crippen LogP contribution in [0.15, 0.2) is 29.1 Å². The smallest absolute Gasteiger partial charge is 0.255 e. The summed E-state index contributed by atoms with van der Waals surface area (Å²) in [6.07, 6.45) is 0.731. The molecule has 4 rings (SSSR count). The van der Waals surface area contributed by atoms with Crippen LogP contribution in [0.2, 0.25) is 0 Å². The Hall–Kier alpha value is -2.97. The van der Waals surface area contributed by atoms with Gasteiger partial charge in [-0.1, -0.05) is 12.1 Å². The van der Waals surface area contributed by atoms with Gasteiger partial charge in [-0.2, -0.15) is 5.10 Å². The number of hydrogen-bond donors (Lipinski definition) is 1. The summed E-state index contributed by atoms with van der Waals surface area (Å²) < 4.78 is 3.68. The first-order valence-electron chi connectivity index (χ1n) is 12.7. The zero-order valence-electron chi connectivity index (χ0n) is 21.7. The van der Waals surface area contributed by atoms with Gasteiger partial charge in [0.15, 0.2) is 0 Å². The number of aromatic nitrogens is 3. The molecule has 1 fully saturated rings. The van der Waals surface area contributed by atoms with Gasteiger partial charge in [0.2, 0.25) is 5.91 Å². The second-order valence-corrected chi connectivity index (χ2v) is 9.68. The second-order valence-electron chi connectivity index (χ2n) is 9.68. The molecule has 0 radical (unpaired) electrons. The van der Waals surface area contributed by atoms with Gasteiger partial charge in [0.1, 0.15) is 5.65 Å². The lowest BCUT2D eigenvalue weighted by Crippen LogP contribution is -2.46. The van der Waals surface area contributed by atoms with Crippen LogP contribution < -0.4 is 10.9 Å². The van der Waals surface area contributed by atoms with E-state index in [0.717, 1.165) is 66.3 Å². The molecule has 35 heavy (non-hydrogen) atoms. The average Bonchev–Trinajstić information content (AvgIpc) is 3.17. The van der Waals surface area contributed by atoms with E-state index in [1.165, 1.54) is 0 Å². The molecule has 0 atom stereocenters. The topological polar surface area (TPSA) is 75.4 Å². The number of nitrogens with zero attached hydrogens (tertiary/aromatic N) is 5. The van der Waals surface area contributed by atoms with Gasteiger partial charge in [-0.05, 0) is 64.4 Å². The summed E-state index contributed by atoms with van der Waals surface area (Å²) in [4.78, 5) is 30.8. The maximum Gasteiger partial charge on any atom is 0.255 e. The van der Waals surface area contributed by atoms with Crippen LogP contribution in [-0.4, -0.2) is 76.4 Å². The molecule has 8 heteroatoms. The van der Waals surface area contributed by atoms with Crippen LogP contribution in [0.1, 0.15) is 35.7 Å². The number of fused-ring (bicyclic) bond motifs is 1. The molecule has 0 aliphatic carbocycles. The van der Waals surface area contributed by atoms with Gasteiger partial charge in [0.05, 0.1) is 11.4 Å². The van der Waals surface area contributed by atoms with Crippen molar-refractivity contribution in [2.75, 3.05) is 46.3 Å². The predicted molar refractivity (Wildman–Crippen MR) is 140 cm³/mol. The van der Waals surface area contributed by atoms with Crippen LogP contribution in [0.4, 0.5) is 0 Å². The molecule has 1 amide bonds. The van der Waals surface area contributed by atoms with E-state index in [1.807, 2.05) is 37.6 Å². The Morgan fingerprint density at radius 2 is 1.86 bits per heavy atom. The van der Waals surface area contributed by atoms with Crippen molar-refractivity contribution in [3.63, 3.8) is 0 Å². The molecule has 0 spiro atoms. The first-order chi connectivity index (χ1) is 16.8. The van der Waals surface area contributed by atoms with Gasteiger partial charge in [-0.15, -0.1) is 0 Å². The van der Waals surface area contributed by atoms with Crippen LogP contribution in [0, 0.1) is 20.8 Å². The highest BCUT2D eigenvalue weighted by Gasteiger charge is 2.21. The van der Waals surface area contributed by atoms with Gasteiger partial charge in [-0.3, -0.25) is 19.1 Å². The minimum atomic E-state index is -0.0310. The average molecular weight is 479 g/mol. The number of nitrogens with one attached hydrogen (secondary N) is 1. The van der Waals surface area contributed by atoms with Crippen molar-refractivity contribution in [3.8, 4) is 5.69 Å². The molecule has 8 nitrogen and oxygen atoms in total. The molecular weight excluding hydrogens is 440 g/mol. The third-order valence-corrected chi connectivity index (χ3v) is 7.13. The van der Waals surface area contributed by atoms with Gasteiger partial charge >= 0.3 is 0 Å². The fraction of sp³-hybridized carbons (Fsp3) is 0.519. The number of aryl methyl sites for hydroxylation is 4. The molecule has 1 saturated heterocycles. The standard InChI is InChI=1S/C27H38N6O2/c1-6-32-26-25(21(4)29-33(26)22-9-7-8-19(2)18-22)20(3)23(27(32)35)10-11-24(34)28-12-13-31-16-14-30(5)15-17-31/h7-9,18H,6,10-17H2,1-5H3,(H,28,34). The van der Waals surface area contributed by atoms with Gasteiger partial charge < -0.3 is 10.2 Å². The number of pyridine rings is 1. The third kappa shape index (κ3) is 5.33.